The molecule has 3 aliphatic carbocycles. The Morgan fingerprint density at radius 1 is 1.00 bits per heavy atom. The van der Waals surface area contributed by atoms with Crippen molar-refractivity contribution in [1.29, 1.82) is 0 Å². The zero-order valence-corrected chi connectivity index (χ0v) is 11.2. The first-order valence-electron chi connectivity index (χ1n) is 7.08. The molecule has 0 aromatic carbocycles. The van der Waals surface area contributed by atoms with Gasteiger partial charge in [-0.05, 0) is 61.2 Å². The lowest BCUT2D eigenvalue weighted by molar-refractivity contribution is -0.0302. The zero-order valence-electron chi connectivity index (χ0n) is 11.2. The van der Waals surface area contributed by atoms with Crippen molar-refractivity contribution in [2.45, 2.75) is 59.0 Å². The second kappa shape index (κ2) is 3.04. The molecule has 1 N–H and O–H groups in total. The summed E-state index contributed by atoms with van der Waals surface area (Å²) in [4.78, 5) is 0. The lowest BCUT2D eigenvalue weighted by Gasteiger charge is -2.35. The molecule has 3 saturated carbocycles. The van der Waals surface area contributed by atoms with Gasteiger partial charge in [-0.1, -0.05) is 27.2 Å². The second-order valence-corrected chi connectivity index (χ2v) is 7.59. The molecule has 0 amide bonds. The van der Waals surface area contributed by atoms with Crippen molar-refractivity contribution in [1.82, 2.24) is 0 Å². The van der Waals surface area contributed by atoms with E-state index < -0.39 is 0 Å². The molecule has 3 rings (SSSR count). The Hall–Kier alpha value is -0.0400. The van der Waals surface area contributed by atoms with Crippen LogP contribution in [0.1, 0.15) is 53.4 Å². The summed E-state index contributed by atoms with van der Waals surface area (Å²) < 4.78 is 0. The molecule has 0 aromatic heterocycles. The van der Waals surface area contributed by atoms with Gasteiger partial charge < -0.3 is 5.11 Å². The molecule has 0 heterocycles. The number of rotatable bonds is 0. The van der Waals surface area contributed by atoms with Crippen LogP contribution in [0.4, 0.5) is 0 Å². The second-order valence-electron chi connectivity index (χ2n) is 7.59. The Balaban J connectivity index is 1.94. The monoisotopic (exact) mass is 222 g/mol. The standard InChI is InChI=1S/C15H26O/c1-9-5-6-10-12(9)13-11(14(13,2)3)7-8-15(10,4)16/h9-13,16H,5-8H2,1-4H3/t9-,10-,11?,12+,13?,15+/m0/s1. The van der Waals surface area contributed by atoms with Crippen molar-refractivity contribution >= 4 is 0 Å². The van der Waals surface area contributed by atoms with E-state index in [4.69, 9.17) is 0 Å². The van der Waals surface area contributed by atoms with Gasteiger partial charge in [-0.3, -0.25) is 0 Å². The van der Waals surface area contributed by atoms with Crippen LogP contribution in [0.15, 0.2) is 0 Å². The summed E-state index contributed by atoms with van der Waals surface area (Å²) in [6, 6.07) is 0. The lowest BCUT2D eigenvalue weighted by atomic mass is 9.74. The molecule has 0 saturated heterocycles. The summed E-state index contributed by atoms with van der Waals surface area (Å²) in [5.74, 6) is 4.03. The fraction of sp³-hybridized carbons (Fsp3) is 1.00. The minimum Gasteiger partial charge on any atom is -0.390 e. The highest BCUT2D eigenvalue weighted by Crippen LogP contribution is 2.71. The van der Waals surface area contributed by atoms with Crippen LogP contribution in [0.25, 0.3) is 0 Å². The van der Waals surface area contributed by atoms with Crippen molar-refractivity contribution in [2.24, 2.45) is 35.0 Å². The highest BCUT2D eigenvalue weighted by atomic mass is 16.3. The Labute approximate surface area is 99.6 Å². The van der Waals surface area contributed by atoms with Crippen LogP contribution in [-0.4, -0.2) is 10.7 Å². The molecule has 2 unspecified atom stereocenters. The first-order valence-corrected chi connectivity index (χ1v) is 7.08. The van der Waals surface area contributed by atoms with Gasteiger partial charge in [-0.25, -0.2) is 0 Å². The van der Waals surface area contributed by atoms with Crippen LogP contribution in [0, 0.1) is 35.0 Å². The van der Waals surface area contributed by atoms with Crippen molar-refractivity contribution in [2.75, 3.05) is 0 Å². The molecule has 0 bridgehead atoms. The van der Waals surface area contributed by atoms with Gasteiger partial charge in [0.1, 0.15) is 0 Å². The number of fused-ring (bicyclic) bond motifs is 3. The minimum atomic E-state index is -0.376. The van der Waals surface area contributed by atoms with Crippen LogP contribution in [0.2, 0.25) is 0 Å². The Morgan fingerprint density at radius 2 is 1.69 bits per heavy atom. The molecule has 3 aliphatic rings. The maximum atomic E-state index is 10.7. The summed E-state index contributed by atoms with van der Waals surface area (Å²) in [5, 5.41) is 10.7. The van der Waals surface area contributed by atoms with Crippen molar-refractivity contribution in [3.8, 4) is 0 Å². The molecule has 1 nitrogen and oxygen atoms in total. The van der Waals surface area contributed by atoms with Crippen LogP contribution in [0.3, 0.4) is 0 Å². The summed E-state index contributed by atoms with van der Waals surface area (Å²) in [7, 11) is 0. The van der Waals surface area contributed by atoms with Crippen LogP contribution in [-0.2, 0) is 0 Å². The topological polar surface area (TPSA) is 20.2 Å². The van der Waals surface area contributed by atoms with Gasteiger partial charge in [0.15, 0.2) is 0 Å². The SMILES string of the molecule is C[C@H]1CC[C@H]2[C@@H]1C1C(CC[C@@]2(C)O)C1(C)C. The zero-order chi connectivity index (χ0) is 11.7. The van der Waals surface area contributed by atoms with Gasteiger partial charge in [0.05, 0.1) is 5.60 Å². The molecule has 0 spiro atoms. The normalized spacial score (nSPS) is 58.7. The number of hydrogen-bond acceptors (Lipinski definition) is 1. The van der Waals surface area contributed by atoms with Gasteiger partial charge >= 0.3 is 0 Å². The van der Waals surface area contributed by atoms with Crippen molar-refractivity contribution in [3.63, 3.8) is 0 Å². The van der Waals surface area contributed by atoms with Gasteiger partial charge in [0.25, 0.3) is 0 Å². The van der Waals surface area contributed by atoms with E-state index in [0.717, 1.165) is 30.1 Å². The van der Waals surface area contributed by atoms with Crippen molar-refractivity contribution < 1.29 is 5.11 Å². The smallest absolute Gasteiger partial charge is 0.0650 e. The Morgan fingerprint density at radius 3 is 2.38 bits per heavy atom. The first-order chi connectivity index (χ1) is 7.36. The molecule has 16 heavy (non-hydrogen) atoms. The van der Waals surface area contributed by atoms with E-state index in [0.29, 0.717) is 11.3 Å². The summed E-state index contributed by atoms with van der Waals surface area (Å²) in [6.07, 6.45) is 4.89. The van der Waals surface area contributed by atoms with Gasteiger partial charge in [-0.2, -0.15) is 0 Å². The molecule has 0 aromatic rings. The number of aliphatic hydroxyl groups is 1. The predicted molar refractivity (Wildman–Crippen MR) is 66.0 cm³/mol. The van der Waals surface area contributed by atoms with Crippen LogP contribution < -0.4 is 0 Å². The highest BCUT2D eigenvalue weighted by molar-refractivity contribution is 5.14. The fourth-order valence-corrected chi connectivity index (χ4v) is 5.29. The number of hydrogen-bond donors (Lipinski definition) is 1. The molecule has 0 aliphatic heterocycles. The maximum Gasteiger partial charge on any atom is 0.0650 e. The molecule has 3 fully saturated rings. The summed E-state index contributed by atoms with van der Waals surface area (Å²) >= 11 is 0. The van der Waals surface area contributed by atoms with E-state index >= 15 is 0 Å². The van der Waals surface area contributed by atoms with E-state index in [-0.39, 0.29) is 5.60 Å². The average molecular weight is 222 g/mol. The van der Waals surface area contributed by atoms with E-state index in [2.05, 4.69) is 27.7 Å². The van der Waals surface area contributed by atoms with Crippen LogP contribution in [0.5, 0.6) is 0 Å². The minimum absolute atomic E-state index is 0.376. The molecular formula is C15H26O. The Bertz CT molecular complexity index is 305. The summed E-state index contributed by atoms with van der Waals surface area (Å²) in [5.41, 5.74) is 0.191. The van der Waals surface area contributed by atoms with Gasteiger partial charge in [0.2, 0.25) is 0 Å². The third-order valence-corrected chi connectivity index (χ3v) is 6.37. The van der Waals surface area contributed by atoms with Crippen LogP contribution >= 0.6 is 0 Å². The van der Waals surface area contributed by atoms with E-state index in [1.807, 2.05) is 0 Å². The first kappa shape index (κ1) is 11.1. The predicted octanol–water partition coefficient (Wildman–Crippen LogP) is 3.47. The van der Waals surface area contributed by atoms with E-state index in [1.165, 1.54) is 19.3 Å². The Kier molecular flexibility index (Phi) is 2.11. The quantitative estimate of drug-likeness (QED) is 0.665. The largest absolute Gasteiger partial charge is 0.390 e. The van der Waals surface area contributed by atoms with E-state index in [1.54, 1.807) is 0 Å². The van der Waals surface area contributed by atoms with Crippen molar-refractivity contribution in [3.05, 3.63) is 0 Å². The average Bonchev–Trinajstić information content (AvgIpc) is 2.51. The molecule has 0 radical (unpaired) electrons. The maximum absolute atomic E-state index is 10.7. The molecular weight excluding hydrogens is 196 g/mol. The fourth-order valence-electron chi connectivity index (χ4n) is 5.29. The molecule has 6 atom stereocenters. The molecule has 1 heteroatoms. The van der Waals surface area contributed by atoms with Gasteiger partial charge in [0, 0.05) is 0 Å². The lowest BCUT2D eigenvalue weighted by Crippen LogP contribution is -2.38. The highest BCUT2D eigenvalue weighted by Gasteiger charge is 2.66. The third kappa shape index (κ3) is 1.27. The summed E-state index contributed by atoms with van der Waals surface area (Å²) in [6.45, 7) is 9.41. The van der Waals surface area contributed by atoms with E-state index in [9.17, 15) is 5.11 Å². The molecule has 92 valence electrons. The third-order valence-electron chi connectivity index (χ3n) is 6.37. The van der Waals surface area contributed by atoms with Gasteiger partial charge in [-0.15, -0.1) is 0 Å².